The van der Waals surface area contributed by atoms with Gasteiger partial charge in [0.1, 0.15) is 0 Å². The Labute approximate surface area is 205 Å². The highest BCUT2D eigenvalue weighted by molar-refractivity contribution is 14.0. The third kappa shape index (κ3) is 8.18. The molecule has 3 rings (SSSR count). The van der Waals surface area contributed by atoms with Gasteiger partial charge < -0.3 is 10.6 Å². The summed E-state index contributed by atoms with van der Waals surface area (Å²) in [6.45, 7) is 9.11. The molecule has 0 radical (unpaired) electrons. The smallest absolute Gasteiger partial charge is 0.211 e. The SMILES string of the molecule is CCNC(=NCC1CCN(S(C)(=O)=O)C1)NC1CCN(Cc2ccccc2)C(C)C1.I. The van der Waals surface area contributed by atoms with E-state index in [9.17, 15) is 8.42 Å². The number of rotatable bonds is 7. The van der Waals surface area contributed by atoms with E-state index in [0.717, 1.165) is 44.9 Å². The quantitative estimate of drug-likeness (QED) is 0.303. The van der Waals surface area contributed by atoms with Crippen LogP contribution >= 0.6 is 24.0 Å². The molecule has 1 aromatic rings. The first-order valence-corrected chi connectivity index (χ1v) is 13.0. The molecule has 0 bridgehead atoms. The summed E-state index contributed by atoms with van der Waals surface area (Å²) in [7, 11) is -3.09. The van der Waals surface area contributed by atoms with Crippen molar-refractivity contribution in [3.63, 3.8) is 0 Å². The van der Waals surface area contributed by atoms with Crippen LogP contribution in [0.1, 0.15) is 38.7 Å². The van der Waals surface area contributed by atoms with Crippen molar-refractivity contribution in [2.24, 2.45) is 10.9 Å². The number of likely N-dealkylation sites (tertiary alicyclic amines) is 1. The van der Waals surface area contributed by atoms with E-state index in [1.165, 1.54) is 11.8 Å². The molecule has 1 aromatic carbocycles. The lowest BCUT2D eigenvalue weighted by atomic mass is 9.97. The summed E-state index contributed by atoms with van der Waals surface area (Å²) in [6.07, 6.45) is 4.34. The summed E-state index contributed by atoms with van der Waals surface area (Å²) in [5.41, 5.74) is 1.37. The highest BCUT2D eigenvalue weighted by Gasteiger charge is 2.29. The number of aliphatic imine (C=N–C) groups is 1. The van der Waals surface area contributed by atoms with Gasteiger partial charge in [0.05, 0.1) is 6.26 Å². The third-order valence-corrected chi connectivity index (χ3v) is 7.42. The van der Waals surface area contributed by atoms with E-state index in [2.05, 4.69) is 59.7 Å². The molecule has 2 saturated heterocycles. The lowest BCUT2D eigenvalue weighted by molar-refractivity contribution is 0.134. The summed E-state index contributed by atoms with van der Waals surface area (Å²) in [5.74, 6) is 1.14. The molecule has 0 amide bonds. The molecule has 0 spiro atoms. The van der Waals surface area contributed by atoms with Gasteiger partial charge in [0, 0.05) is 51.4 Å². The van der Waals surface area contributed by atoms with Crippen molar-refractivity contribution in [3.05, 3.63) is 35.9 Å². The van der Waals surface area contributed by atoms with Crippen molar-refractivity contribution in [2.75, 3.05) is 39.0 Å². The number of guanidine groups is 1. The maximum Gasteiger partial charge on any atom is 0.211 e. The topological polar surface area (TPSA) is 77.0 Å². The summed E-state index contributed by atoms with van der Waals surface area (Å²) >= 11 is 0. The van der Waals surface area contributed by atoms with Crippen LogP contribution in [0.3, 0.4) is 0 Å². The van der Waals surface area contributed by atoms with Crippen molar-refractivity contribution >= 4 is 40.0 Å². The van der Waals surface area contributed by atoms with E-state index in [-0.39, 0.29) is 24.0 Å². The number of piperidine rings is 1. The van der Waals surface area contributed by atoms with Crippen molar-refractivity contribution in [1.82, 2.24) is 19.8 Å². The zero-order valence-corrected chi connectivity index (χ0v) is 22.1. The molecule has 0 aliphatic carbocycles. The Hall–Kier alpha value is -0.910. The molecule has 0 aromatic heterocycles. The van der Waals surface area contributed by atoms with Crippen LogP contribution < -0.4 is 10.6 Å². The first-order valence-electron chi connectivity index (χ1n) is 11.1. The summed E-state index contributed by atoms with van der Waals surface area (Å²) < 4.78 is 25.0. The normalized spacial score (nSPS) is 25.8. The summed E-state index contributed by atoms with van der Waals surface area (Å²) in [5, 5.41) is 6.97. The second-order valence-electron chi connectivity index (χ2n) is 8.67. The number of nitrogens with zero attached hydrogens (tertiary/aromatic N) is 3. The predicted molar refractivity (Wildman–Crippen MR) is 138 cm³/mol. The lowest BCUT2D eigenvalue weighted by Crippen LogP contribution is -2.51. The fraction of sp³-hybridized carbons (Fsp3) is 0.682. The Morgan fingerprint density at radius 2 is 1.94 bits per heavy atom. The van der Waals surface area contributed by atoms with E-state index in [4.69, 9.17) is 4.99 Å². The van der Waals surface area contributed by atoms with Crippen molar-refractivity contribution in [1.29, 1.82) is 0 Å². The van der Waals surface area contributed by atoms with Gasteiger partial charge in [-0.3, -0.25) is 9.89 Å². The number of nitrogens with one attached hydrogen (secondary N) is 2. The Morgan fingerprint density at radius 1 is 1.19 bits per heavy atom. The highest BCUT2D eigenvalue weighted by atomic mass is 127. The molecule has 7 nitrogen and oxygen atoms in total. The highest BCUT2D eigenvalue weighted by Crippen LogP contribution is 2.21. The van der Waals surface area contributed by atoms with Crippen LogP contribution in [0.5, 0.6) is 0 Å². The Bertz CT molecular complexity index is 805. The third-order valence-electron chi connectivity index (χ3n) is 6.15. The predicted octanol–water partition coefficient (Wildman–Crippen LogP) is 2.49. The van der Waals surface area contributed by atoms with Crippen LogP contribution in [-0.4, -0.2) is 74.6 Å². The second-order valence-corrected chi connectivity index (χ2v) is 10.6. The van der Waals surface area contributed by atoms with Crippen LogP contribution in [0, 0.1) is 5.92 Å². The van der Waals surface area contributed by atoms with Gasteiger partial charge in [-0.1, -0.05) is 30.3 Å². The zero-order chi connectivity index (χ0) is 21.6. The average molecular weight is 564 g/mol. The van der Waals surface area contributed by atoms with Gasteiger partial charge in [0.2, 0.25) is 10.0 Å². The van der Waals surface area contributed by atoms with Crippen LogP contribution in [0.25, 0.3) is 0 Å². The van der Waals surface area contributed by atoms with E-state index in [1.807, 2.05) is 0 Å². The molecule has 3 unspecified atom stereocenters. The maximum absolute atomic E-state index is 11.7. The Morgan fingerprint density at radius 3 is 2.55 bits per heavy atom. The molecule has 2 aliphatic heterocycles. The van der Waals surface area contributed by atoms with Gasteiger partial charge in [-0.2, -0.15) is 0 Å². The van der Waals surface area contributed by atoms with Crippen LogP contribution in [-0.2, 0) is 16.6 Å². The van der Waals surface area contributed by atoms with Crippen LogP contribution in [0.2, 0.25) is 0 Å². The molecule has 2 aliphatic rings. The number of hydrogen-bond donors (Lipinski definition) is 2. The molecule has 2 fully saturated rings. The van der Waals surface area contributed by atoms with E-state index in [1.54, 1.807) is 4.31 Å². The molecule has 2 heterocycles. The van der Waals surface area contributed by atoms with Gasteiger partial charge in [-0.15, -0.1) is 24.0 Å². The molecule has 31 heavy (non-hydrogen) atoms. The van der Waals surface area contributed by atoms with Gasteiger partial charge in [0.25, 0.3) is 0 Å². The van der Waals surface area contributed by atoms with Gasteiger partial charge in [-0.05, 0) is 44.6 Å². The average Bonchev–Trinajstić information content (AvgIpc) is 3.19. The van der Waals surface area contributed by atoms with Crippen molar-refractivity contribution in [2.45, 2.75) is 51.7 Å². The minimum absolute atomic E-state index is 0. The fourth-order valence-corrected chi connectivity index (χ4v) is 5.30. The second kappa shape index (κ2) is 12.4. The van der Waals surface area contributed by atoms with Crippen molar-refractivity contribution in [3.8, 4) is 0 Å². The van der Waals surface area contributed by atoms with E-state index < -0.39 is 10.0 Å². The molecule has 176 valence electrons. The summed E-state index contributed by atoms with van der Waals surface area (Å²) in [6, 6.07) is 11.6. The number of sulfonamides is 1. The Balaban J connectivity index is 0.00000341. The van der Waals surface area contributed by atoms with Crippen molar-refractivity contribution < 1.29 is 8.42 Å². The maximum atomic E-state index is 11.7. The largest absolute Gasteiger partial charge is 0.357 e. The molecule has 0 saturated carbocycles. The zero-order valence-electron chi connectivity index (χ0n) is 19.0. The van der Waals surface area contributed by atoms with Crippen LogP contribution in [0.15, 0.2) is 35.3 Å². The molecular formula is C22H38IN5O2S. The first kappa shape index (κ1) is 26.3. The van der Waals surface area contributed by atoms with Gasteiger partial charge in [0.15, 0.2) is 5.96 Å². The standard InChI is InChI=1S/C22H37N5O2S.HI/c1-4-23-22(24-15-20-10-13-27(17-20)30(3,28)29)25-21-11-12-26(18(2)14-21)16-19-8-6-5-7-9-19;/h5-9,18,20-21H,4,10-17H2,1-3H3,(H2,23,24,25);1H. The minimum atomic E-state index is -3.09. The summed E-state index contributed by atoms with van der Waals surface area (Å²) in [4.78, 5) is 7.33. The van der Waals surface area contributed by atoms with Gasteiger partial charge >= 0.3 is 0 Å². The van der Waals surface area contributed by atoms with Gasteiger partial charge in [-0.25, -0.2) is 12.7 Å². The van der Waals surface area contributed by atoms with E-state index in [0.29, 0.717) is 37.6 Å². The Kier molecular flexibility index (Phi) is 10.5. The molecule has 2 N–H and O–H groups in total. The fourth-order valence-electron chi connectivity index (χ4n) is 4.39. The lowest BCUT2D eigenvalue weighted by Gasteiger charge is -2.38. The molecule has 9 heteroatoms. The molecule has 3 atom stereocenters. The van der Waals surface area contributed by atoms with E-state index >= 15 is 0 Å². The van der Waals surface area contributed by atoms with Crippen LogP contribution in [0.4, 0.5) is 0 Å². The molecular weight excluding hydrogens is 525 g/mol. The minimum Gasteiger partial charge on any atom is -0.357 e. The number of benzene rings is 1. The number of halogens is 1. The number of hydrogen-bond acceptors (Lipinski definition) is 4. The first-order chi connectivity index (χ1) is 14.3. The monoisotopic (exact) mass is 563 g/mol.